The zero-order valence-electron chi connectivity index (χ0n) is 19.6. The predicted molar refractivity (Wildman–Crippen MR) is 123 cm³/mol. The molecule has 3 rings (SSSR count). The molecule has 2 aliphatic heterocycles. The summed E-state index contributed by atoms with van der Waals surface area (Å²) in [5.41, 5.74) is 2.41. The molecule has 0 unspecified atom stereocenters. The highest BCUT2D eigenvalue weighted by Gasteiger charge is 2.48. The Morgan fingerprint density at radius 3 is 2.41 bits per heavy atom. The number of nitrogens with zero attached hydrogens (tertiary/aromatic N) is 1. The Balaban J connectivity index is 1.52. The van der Waals surface area contributed by atoms with Crippen molar-refractivity contribution in [2.24, 2.45) is 11.8 Å². The first kappa shape index (κ1) is 24.9. The zero-order valence-corrected chi connectivity index (χ0v) is 19.6. The molecule has 0 saturated carbocycles. The van der Waals surface area contributed by atoms with Gasteiger partial charge in [0.2, 0.25) is 0 Å². The van der Waals surface area contributed by atoms with Crippen molar-refractivity contribution in [3.63, 3.8) is 0 Å². The summed E-state index contributed by atoms with van der Waals surface area (Å²) in [5, 5.41) is 31.0. The van der Waals surface area contributed by atoms with Crippen LogP contribution in [0.2, 0.25) is 0 Å². The Bertz CT molecular complexity index is 805. The SMILES string of the molecule is C/C(=C\C(=O)c1ccc(N(C)C)cc1)C[C@@H]1OC[C@H](C[C@@H]2O[C@H]2[C@@H](C)[C@H](C)O)[C@@H](O)[C@H]1O. The number of epoxide rings is 1. The fraction of sp³-hybridized carbons (Fsp3) is 0.640. The van der Waals surface area contributed by atoms with E-state index in [-0.39, 0.29) is 29.8 Å². The highest BCUT2D eigenvalue weighted by atomic mass is 16.6. The van der Waals surface area contributed by atoms with Gasteiger partial charge in [0.05, 0.1) is 37.1 Å². The van der Waals surface area contributed by atoms with E-state index in [0.717, 1.165) is 11.3 Å². The van der Waals surface area contributed by atoms with Gasteiger partial charge in [0.1, 0.15) is 6.10 Å². The van der Waals surface area contributed by atoms with Crippen LogP contribution in [0.15, 0.2) is 35.9 Å². The number of aliphatic hydroxyl groups excluding tert-OH is 3. The van der Waals surface area contributed by atoms with Crippen LogP contribution in [-0.4, -0.2) is 78.4 Å². The fourth-order valence-electron chi connectivity index (χ4n) is 4.32. The number of ether oxygens (including phenoxy) is 2. The predicted octanol–water partition coefficient (Wildman–Crippen LogP) is 2.18. The summed E-state index contributed by atoms with van der Waals surface area (Å²) < 4.78 is 11.5. The molecule has 0 amide bonds. The number of carbonyl (C=O) groups excluding carboxylic acids is 1. The number of rotatable bonds is 9. The van der Waals surface area contributed by atoms with E-state index in [0.29, 0.717) is 25.0 Å². The van der Waals surface area contributed by atoms with Crippen molar-refractivity contribution >= 4 is 11.5 Å². The first-order valence-corrected chi connectivity index (χ1v) is 11.4. The maximum absolute atomic E-state index is 12.6. The van der Waals surface area contributed by atoms with Crippen molar-refractivity contribution in [3.8, 4) is 0 Å². The summed E-state index contributed by atoms with van der Waals surface area (Å²) in [6, 6.07) is 7.40. The molecule has 8 atom stereocenters. The van der Waals surface area contributed by atoms with E-state index in [2.05, 4.69) is 0 Å². The maximum atomic E-state index is 12.6. The second-order valence-corrected chi connectivity index (χ2v) is 9.59. The Hall–Kier alpha value is -1.77. The van der Waals surface area contributed by atoms with Crippen molar-refractivity contribution in [2.45, 2.75) is 70.2 Å². The van der Waals surface area contributed by atoms with Gasteiger partial charge < -0.3 is 29.7 Å². The van der Waals surface area contributed by atoms with Gasteiger partial charge in [-0.2, -0.15) is 0 Å². The highest BCUT2D eigenvalue weighted by molar-refractivity contribution is 6.05. The number of aliphatic hydroxyl groups is 3. The van der Waals surface area contributed by atoms with Gasteiger partial charge in [-0.15, -0.1) is 0 Å². The molecule has 7 nitrogen and oxygen atoms in total. The van der Waals surface area contributed by atoms with Gasteiger partial charge in [0.15, 0.2) is 5.78 Å². The van der Waals surface area contributed by atoms with Gasteiger partial charge in [-0.25, -0.2) is 0 Å². The number of anilines is 1. The van der Waals surface area contributed by atoms with Crippen LogP contribution in [0.25, 0.3) is 0 Å². The van der Waals surface area contributed by atoms with Crippen LogP contribution in [-0.2, 0) is 9.47 Å². The van der Waals surface area contributed by atoms with E-state index in [1.54, 1.807) is 25.1 Å². The third-order valence-corrected chi connectivity index (χ3v) is 6.74. The van der Waals surface area contributed by atoms with Crippen molar-refractivity contribution in [2.75, 3.05) is 25.6 Å². The van der Waals surface area contributed by atoms with Crippen LogP contribution in [0.3, 0.4) is 0 Å². The van der Waals surface area contributed by atoms with Crippen LogP contribution in [0.4, 0.5) is 5.69 Å². The number of ketones is 1. The third-order valence-electron chi connectivity index (χ3n) is 6.74. The van der Waals surface area contributed by atoms with Crippen LogP contribution in [0.5, 0.6) is 0 Å². The Kier molecular flexibility index (Phi) is 8.11. The minimum atomic E-state index is -1.03. The molecule has 0 bridgehead atoms. The summed E-state index contributed by atoms with van der Waals surface area (Å²) >= 11 is 0. The number of allylic oxidation sites excluding steroid dienone is 1. The molecule has 7 heteroatoms. The Labute approximate surface area is 190 Å². The van der Waals surface area contributed by atoms with E-state index in [4.69, 9.17) is 9.47 Å². The van der Waals surface area contributed by atoms with E-state index in [9.17, 15) is 20.1 Å². The van der Waals surface area contributed by atoms with E-state index >= 15 is 0 Å². The second kappa shape index (κ2) is 10.4. The number of carbonyl (C=O) groups is 1. The Morgan fingerprint density at radius 2 is 1.81 bits per heavy atom. The zero-order chi connectivity index (χ0) is 23.6. The highest BCUT2D eigenvalue weighted by Crippen LogP contribution is 2.38. The van der Waals surface area contributed by atoms with Crippen LogP contribution >= 0.6 is 0 Å². The summed E-state index contributed by atoms with van der Waals surface area (Å²) in [4.78, 5) is 14.5. The van der Waals surface area contributed by atoms with Gasteiger partial charge in [0, 0.05) is 37.2 Å². The largest absolute Gasteiger partial charge is 0.393 e. The molecule has 178 valence electrons. The molecule has 32 heavy (non-hydrogen) atoms. The molecule has 0 spiro atoms. The van der Waals surface area contributed by atoms with Crippen molar-refractivity contribution in [1.82, 2.24) is 0 Å². The molecule has 1 aromatic carbocycles. The van der Waals surface area contributed by atoms with E-state index in [1.807, 2.05) is 45.0 Å². The topological polar surface area (TPSA) is 103 Å². The van der Waals surface area contributed by atoms with Crippen molar-refractivity contribution in [3.05, 3.63) is 41.5 Å². The minimum Gasteiger partial charge on any atom is -0.393 e. The monoisotopic (exact) mass is 447 g/mol. The van der Waals surface area contributed by atoms with Gasteiger partial charge in [-0.1, -0.05) is 12.5 Å². The molecule has 2 saturated heterocycles. The number of benzene rings is 1. The lowest BCUT2D eigenvalue weighted by Gasteiger charge is -2.38. The van der Waals surface area contributed by atoms with E-state index < -0.39 is 24.4 Å². The first-order chi connectivity index (χ1) is 15.1. The minimum absolute atomic E-state index is 0.0138. The number of hydrogen-bond donors (Lipinski definition) is 3. The lowest BCUT2D eigenvalue weighted by molar-refractivity contribution is -0.165. The number of hydrogen-bond acceptors (Lipinski definition) is 7. The summed E-state index contributed by atoms with van der Waals surface area (Å²) in [7, 11) is 3.89. The van der Waals surface area contributed by atoms with Crippen molar-refractivity contribution < 1.29 is 29.6 Å². The lowest BCUT2D eigenvalue weighted by Crippen LogP contribution is -2.50. The standard InChI is InChI=1S/C25H37NO6/c1-14(10-20(28)17-6-8-19(9-7-17)26(4)5)11-21-24(30)23(29)18(13-31-21)12-22-25(32-22)15(2)16(3)27/h6-10,15-16,18,21-25,27,29-30H,11-13H2,1-5H3/b14-10+/t15-,16-,18-,21-,22-,23+,24-,25-/m0/s1. The second-order valence-electron chi connectivity index (χ2n) is 9.59. The fourth-order valence-corrected chi connectivity index (χ4v) is 4.32. The average molecular weight is 448 g/mol. The molecule has 0 aliphatic carbocycles. The quantitative estimate of drug-likeness (QED) is 0.303. The van der Waals surface area contributed by atoms with Gasteiger partial charge in [0.25, 0.3) is 0 Å². The first-order valence-electron chi connectivity index (χ1n) is 11.4. The normalized spacial score (nSPS) is 32.3. The maximum Gasteiger partial charge on any atom is 0.185 e. The summed E-state index contributed by atoms with van der Waals surface area (Å²) in [5.74, 6) is -0.289. The average Bonchev–Trinajstić information content (AvgIpc) is 3.51. The Morgan fingerprint density at radius 1 is 1.16 bits per heavy atom. The van der Waals surface area contributed by atoms with Crippen LogP contribution in [0, 0.1) is 11.8 Å². The smallest absolute Gasteiger partial charge is 0.185 e. The lowest BCUT2D eigenvalue weighted by atomic mass is 9.85. The molecule has 2 heterocycles. The summed E-state index contributed by atoms with van der Waals surface area (Å²) in [6.45, 7) is 5.85. The summed E-state index contributed by atoms with van der Waals surface area (Å²) in [6.07, 6.45) is -0.467. The molecule has 3 N–H and O–H groups in total. The van der Waals surface area contributed by atoms with Crippen molar-refractivity contribution in [1.29, 1.82) is 0 Å². The molecule has 0 aromatic heterocycles. The molecule has 0 radical (unpaired) electrons. The van der Waals surface area contributed by atoms with E-state index in [1.165, 1.54) is 0 Å². The molecular weight excluding hydrogens is 410 g/mol. The van der Waals surface area contributed by atoms with Crippen LogP contribution in [0.1, 0.15) is 44.0 Å². The molecule has 2 fully saturated rings. The molecular formula is C25H37NO6. The van der Waals surface area contributed by atoms with Gasteiger partial charge in [-0.05, 0) is 57.0 Å². The van der Waals surface area contributed by atoms with Gasteiger partial charge in [-0.3, -0.25) is 4.79 Å². The molecule has 2 aliphatic rings. The van der Waals surface area contributed by atoms with Crippen LogP contribution < -0.4 is 4.90 Å². The third kappa shape index (κ3) is 5.97. The van der Waals surface area contributed by atoms with Gasteiger partial charge >= 0.3 is 0 Å². The molecule has 1 aromatic rings.